The minimum atomic E-state index is -4.77. The minimum absolute atomic E-state index is 0.157. The Hall–Kier alpha value is -2.17. The molecule has 0 saturated heterocycles. The van der Waals surface area contributed by atoms with Crippen molar-refractivity contribution in [2.75, 3.05) is 0 Å². The van der Waals surface area contributed by atoms with Gasteiger partial charge in [-0.05, 0) is 24.3 Å². The zero-order valence-corrected chi connectivity index (χ0v) is 9.03. The van der Waals surface area contributed by atoms with Crippen LogP contribution in [0, 0.1) is 6.07 Å². The number of halogens is 3. The summed E-state index contributed by atoms with van der Waals surface area (Å²) in [5.41, 5.74) is 0.426. The lowest BCUT2D eigenvalue weighted by molar-refractivity contribution is -0.274. The first-order chi connectivity index (χ1) is 8.47. The summed E-state index contributed by atoms with van der Waals surface area (Å²) in [6, 6.07) is 12.5. The van der Waals surface area contributed by atoms with Gasteiger partial charge in [0.2, 0.25) is 0 Å². The highest BCUT2D eigenvalue weighted by Gasteiger charge is 2.32. The zero-order valence-electron chi connectivity index (χ0n) is 9.03. The quantitative estimate of drug-likeness (QED) is 0.883. The van der Waals surface area contributed by atoms with Crippen LogP contribution in [-0.4, -0.2) is 11.5 Å². The highest BCUT2D eigenvalue weighted by Crippen LogP contribution is 2.37. The van der Waals surface area contributed by atoms with Gasteiger partial charge in [-0.15, -0.1) is 13.2 Å². The Balaban J connectivity index is 2.49. The number of para-hydroxylation sites is 1. The van der Waals surface area contributed by atoms with Crippen molar-refractivity contribution < 1.29 is 23.0 Å². The molecule has 0 aromatic heterocycles. The van der Waals surface area contributed by atoms with Crippen molar-refractivity contribution in [3.05, 3.63) is 48.5 Å². The Bertz CT molecular complexity index is 550. The van der Waals surface area contributed by atoms with Gasteiger partial charge in [0.05, 0.1) is 0 Å². The van der Waals surface area contributed by atoms with Crippen molar-refractivity contribution in [3.63, 3.8) is 0 Å². The van der Waals surface area contributed by atoms with Crippen LogP contribution in [0.3, 0.4) is 0 Å². The molecule has 2 aromatic carbocycles. The fourth-order valence-electron chi connectivity index (χ4n) is 1.55. The summed E-state index contributed by atoms with van der Waals surface area (Å²) in [4.78, 5) is 0. The molecule has 0 heterocycles. The molecule has 0 aliphatic carbocycles. The molecule has 1 radical (unpaired) electrons. The van der Waals surface area contributed by atoms with Crippen molar-refractivity contribution in [3.8, 4) is 22.6 Å². The van der Waals surface area contributed by atoms with Crippen LogP contribution in [0.2, 0.25) is 0 Å². The minimum Gasteiger partial charge on any atom is -0.507 e. The van der Waals surface area contributed by atoms with E-state index >= 15 is 0 Å². The average molecular weight is 253 g/mol. The van der Waals surface area contributed by atoms with E-state index in [0.29, 0.717) is 0 Å². The molecule has 2 rings (SSSR count). The van der Waals surface area contributed by atoms with Crippen LogP contribution in [-0.2, 0) is 0 Å². The van der Waals surface area contributed by atoms with E-state index in [1.165, 1.54) is 36.4 Å². The highest BCUT2D eigenvalue weighted by molar-refractivity contribution is 5.75. The van der Waals surface area contributed by atoms with Crippen LogP contribution < -0.4 is 4.74 Å². The number of benzene rings is 2. The van der Waals surface area contributed by atoms with E-state index < -0.39 is 6.36 Å². The lowest BCUT2D eigenvalue weighted by Gasteiger charge is -2.13. The molecule has 1 N–H and O–H groups in total. The predicted molar refractivity (Wildman–Crippen MR) is 59.1 cm³/mol. The second kappa shape index (κ2) is 4.60. The Kier molecular flexibility index (Phi) is 3.14. The van der Waals surface area contributed by atoms with Gasteiger partial charge in [-0.25, -0.2) is 0 Å². The zero-order chi connectivity index (χ0) is 13.2. The molecule has 0 spiro atoms. The molecule has 0 fully saturated rings. The summed E-state index contributed by atoms with van der Waals surface area (Å²) in [6.45, 7) is 0. The number of rotatable bonds is 2. The van der Waals surface area contributed by atoms with Gasteiger partial charge < -0.3 is 9.84 Å². The SMILES string of the molecule is Oc1c[c]ccc1-c1ccccc1OC(F)(F)F. The normalized spacial score (nSPS) is 11.3. The summed E-state index contributed by atoms with van der Waals surface area (Å²) in [5, 5.41) is 9.62. The van der Waals surface area contributed by atoms with Crippen molar-refractivity contribution in [2.45, 2.75) is 6.36 Å². The molecule has 0 aliphatic rings. The number of aromatic hydroxyl groups is 1. The highest BCUT2D eigenvalue weighted by atomic mass is 19.4. The molecule has 5 heteroatoms. The van der Waals surface area contributed by atoms with Crippen LogP contribution in [0.5, 0.6) is 11.5 Å². The van der Waals surface area contributed by atoms with E-state index in [0.717, 1.165) is 0 Å². The molecular formula is C13H8F3O2. The molecule has 0 saturated carbocycles. The number of phenols is 1. The average Bonchev–Trinajstić information content (AvgIpc) is 2.29. The monoisotopic (exact) mass is 253 g/mol. The summed E-state index contributed by atoms with van der Waals surface area (Å²) < 4.78 is 40.7. The molecule has 93 valence electrons. The third-order valence-corrected chi connectivity index (χ3v) is 2.25. The molecular weight excluding hydrogens is 245 g/mol. The van der Waals surface area contributed by atoms with Crippen molar-refractivity contribution >= 4 is 0 Å². The van der Waals surface area contributed by atoms with Crippen LogP contribution in [0.4, 0.5) is 13.2 Å². The second-order valence-corrected chi connectivity index (χ2v) is 3.49. The molecule has 0 aliphatic heterocycles. The van der Waals surface area contributed by atoms with E-state index in [9.17, 15) is 18.3 Å². The maximum Gasteiger partial charge on any atom is 0.573 e. The summed E-state index contributed by atoms with van der Waals surface area (Å²) >= 11 is 0. The van der Waals surface area contributed by atoms with E-state index in [1.807, 2.05) is 0 Å². The second-order valence-electron chi connectivity index (χ2n) is 3.49. The van der Waals surface area contributed by atoms with Crippen molar-refractivity contribution in [1.29, 1.82) is 0 Å². The Morgan fingerprint density at radius 2 is 1.78 bits per heavy atom. The van der Waals surface area contributed by atoms with E-state index in [4.69, 9.17) is 0 Å². The molecule has 2 aromatic rings. The van der Waals surface area contributed by atoms with Gasteiger partial charge in [0.15, 0.2) is 0 Å². The number of alkyl halides is 3. The van der Waals surface area contributed by atoms with Gasteiger partial charge >= 0.3 is 6.36 Å². The molecule has 0 atom stereocenters. The first-order valence-electron chi connectivity index (χ1n) is 5.01. The largest absolute Gasteiger partial charge is 0.573 e. The van der Waals surface area contributed by atoms with E-state index in [2.05, 4.69) is 10.8 Å². The lowest BCUT2D eigenvalue weighted by atomic mass is 10.0. The smallest absolute Gasteiger partial charge is 0.507 e. The van der Waals surface area contributed by atoms with Gasteiger partial charge in [-0.3, -0.25) is 0 Å². The Morgan fingerprint density at radius 3 is 2.44 bits per heavy atom. The van der Waals surface area contributed by atoms with Gasteiger partial charge in [0, 0.05) is 11.1 Å². The fourth-order valence-corrected chi connectivity index (χ4v) is 1.55. The number of ether oxygens (including phenoxy) is 1. The van der Waals surface area contributed by atoms with Crippen LogP contribution in [0.15, 0.2) is 42.5 Å². The van der Waals surface area contributed by atoms with Gasteiger partial charge in [0.25, 0.3) is 0 Å². The number of hydrogen-bond acceptors (Lipinski definition) is 2. The maximum absolute atomic E-state index is 12.2. The predicted octanol–water partition coefficient (Wildman–Crippen LogP) is 3.76. The topological polar surface area (TPSA) is 29.5 Å². The van der Waals surface area contributed by atoms with E-state index in [1.54, 1.807) is 6.07 Å². The van der Waals surface area contributed by atoms with Gasteiger partial charge in [0.1, 0.15) is 11.5 Å². The number of phenolic OH excluding ortho intramolecular Hbond substituents is 1. The summed E-state index contributed by atoms with van der Waals surface area (Å²) in [5.74, 6) is -0.512. The van der Waals surface area contributed by atoms with E-state index in [-0.39, 0.29) is 22.6 Å². The van der Waals surface area contributed by atoms with Crippen LogP contribution in [0.25, 0.3) is 11.1 Å². The summed E-state index contributed by atoms with van der Waals surface area (Å²) in [7, 11) is 0. The standard InChI is InChI=1S/C13H8F3O2/c14-13(15,16)18-12-8-4-2-6-10(12)9-5-1-3-7-11(9)17/h1-2,4-8,17H. The Labute approximate surface area is 101 Å². The van der Waals surface area contributed by atoms with Crippen LogP contribution in [0.1, 0.15) is 0 Å². The van der Waals surface area contributed by atoms with Crippen molar-refractivity contribution in [1.82, 2.24) is 0 Å². The molecule has 18 heavy (non-hydrogen) atoms. The van der Waals surface area contributed by atoms with Gasteiger partial charge in [-0.2, -0.15) is 0 Å². The molecule has 2 nitrogen and oxygen atoms in total. The number of hydrogen-bond donors (Lipinski definition) is 1. The summed E-state index contributed by atoms with van der Waals surface area (Å²) in [6.07, 6.45) is -4.77. The van der Waals surface area contributed by atoms with Crippen molar-refractivity contribution in [2.24, 2.45) is 0 Å². The molecule has 0 bridgehead atoms. The third kappa shape index (κ3) is 2.74. The van der Waals surface area contributed by atoms with Crippen LogP contribution >= 0.6 is 0 Å². The fraction of sp³-hybridized carbons (Fsp3) is 0.0769. The maximum atomic E-state index is 12.2. The van der Waals surface area contributed by atoms with Gasteiger partial charge in [-0.1, -0.05) is 24.3 Å². The molecule has 0 amide bonds. The Morgan fingerprint density at radius 1 is 1.06 bits per heavy atom. The lowest BCUT2D eigenvalue weighted by Crippen LogP contribution is -2.17. The third-order valence-electron chi connectivity index (χ3n) is 2.25. The first-order valence-corrected chi connectivity index (χ1v) is 5.01. The first kappa shape index (κ1) is 12.3. The molecule has 0 unspecified atom stereocenters.